The van der Waals surface area contributed by atoms with E-state index in [9.17, 15) is 0 Å². The molecule has 96 valence electrons. The number of nitrogens with zero attached hydrogens (tertiary/aromatic N) is 3. The number of nitrogens with one attached hydrogen (secondary N) is 1. The van der Waals surface area contributed by atoms with Gasteiger partial charge in [0.25, 0.3) is 0 Å². The zero-order chi connectivity index (χ0) is 13.4. The molecule has 0 saturated carbocycles. The van der Waals surface area contributed by atoms with Gasteiger partial charge in [0.05, 0.1) is 5.52 Å². The third-order valence-corrected chi connectivity index (χ3v) is 3.37. The van der Waals surface area contributed by atoms with Crippen LogP contribution >= 0.6 is 12.2 Å². The first kappa shape index (κ1) is 12.0. The number of hydrogen-bond acceptors (Lipinski definition) is 3. The molecule has 0 aliphatic rings. The molecule has 0 bridgehead atoms. The Morgan fingerprint density at radius 2 is 2.11 bits per heavy atom. The van der Waals surface area contributed by atoms with E-state index in [2.05, 4.69) is 35.1 Å². The standard InChI is InChI=1S/C14H14N4S/c1-9(2)18-13(16-17-14(18)19)11-5-6-12-10(8-11)4-3-7-15-12/h3-9H,1-2H3,(H,17,19). The number of fused-ring (bicyclic) bond motifs is 1. The summed E-state index contributed by atoms with van der Waals surface area (Å²) in [6, 6.07) is 10.4. The lowest BCUT2D eigenvalue weighted by molar-refractivity contribution is 0.597. The van der Waals surface area contributed by atoms with E-state index in [-0.39, 0.29) is 6.04 Å². The third-order valence-electron chi connectivity index (χ3n) is 3.08. The summed E-state index contributed by atoms with van der Waals surface area (Å²) >= 11 is 5.28. The molecule has 0 radical (unpaired) electrons. The number of aromatic nitrogens is 4. The lowest BCUT2D eigenvalue weighted by Crippen LogP contribution is -2.03. The monoisotopic (exact) mass is 270 g/mol. The van der Waals surface area contributed by atoms with E-state index >= 15 is 0 Å². The largest absolute Gasteiger partial charge is 0.298 e. The molecule has 0 saturated heterocycles. The molecule has 5 heteroatoms. The Morgan fingerprint density at radius 1 is 1.26 bits per heavy atom. The first-order chi connectivity index (χ1) is 9.16. The summed E-state index contributed by atoms with van der Waals surface area (Å²) in [5.41, 5.74) is 2.03. The fourth-order valence-corrected chi connectivity index (χ4v) is 2.55. The minimum Gasteiger partial charge on any atom is -0.298 e. The Labute approximate surface area is 116 Å². The number of aromatic amines is 1. The second-order valence-electron chi connectivity index (χ2n) is 4.73. The predicted octanol–water partition coefficient (Wildman–Crippen LogP) is 3.74. The topological polar surface area (TPSA) is 46.5 Å². The van der Waals surface area contributed by atoms with Gasteiger partial charge >= 0.3 is 0 Å². The van der Waals surface area contributed by atoms with Crippen LogP contribution in [0.3, 0.4) is 0 Å². The van der Waals surface area contributed by atoms with Crippen LogP contribution in [-0.4, -0.2) is 19.7 Å². The van der Waals surface area contributed by atoms with Crippen LogP contribution < -0.4 is 0 Å². The predicted molar refractivity (Wildman–Crippen MR) is 78.5 cm³/mol. The number of H-pyrrole nitrogens is 1. The van der Waals surface area contributed by atoms with Crippen LogP contribution in [0.5, 0.6) is 0 Å². The van der Waals surface area contributed by atoms with Gasteiger partial charge < -0.3 is 0 Å². The van der Waals surface area contributed by atoms with Crippen molar-refractivity contribution in [3.63, 3.8) is 0 Å². The van der Waals surface area contributed by atoms with Crippen LogP contribution in [0.25, 0.3) is 22.3 Å². The van der Waals surface area contributed by atoms with E-state index < -0.39 is 0 Å². The molecule has 0 spiro atoms. The van der Waals surface area contributed by atoms with E-state index in [1.807, 2.05) is 28.8 Å². The van der Waals surface area contributed by atoms with Crippen molar-refractivity contribution in [3.05, 3.63) is 41.3 Å². The first-order valence-electron chi connectivity index (χ1n) is 6.19. The molecule has 3 aromatic rings. The molecule has 3 rings (SSSR count). The average molecular weight is 270 g/mol. The summed E-state index contributed by atoms with van der Waals surface area (Å²) in [7, 11) is 0. The van der Waals surface area contributed by atoms with Crippen molar-refractivity contribution in [1.29, 1.82) is 0 Å². The maximum absolute atomic E-state index is 5.28. The van der Waals surface area contributed by atoms with Crippen LogP contribution in [0.2, 0.25) is 0 Å². The average Bonchev–Trinajstić information content (AvgIpc) is 2.80. The number of rotatable bonds is 2. The van der Waals surface area contributed by atoms with Crippen molar-refractivity contribution in [2.24, 2.45) is 0 Å². The van der Waals surface area contributed by atoms with Gasteiger partial charge in [-0.3, -0.25) is 14.6 Å². The minimum atomic E-state index is 0.269. The quantitative estimate of drug-likeness (QED) is 0.722. The molecule has 1 aromatic carbocycles. The van der Waals surface area contributed by atoms with E-state index in [4.69, 9.17) is 12.2 Å². The van der Waals surface area contributed by atoms with Gasteiger partial charge in [0.1, 0.15) is 0 Å². The van der Waals surface area contributed by atoms with Gasteiger partial charge in [-0.05, 0) is 50.3 Å². The molecule has 0 fully saturated rings. The second kappa shape index (κ2) is 4.59. The Kier molecular flexibility index (Phi) is 2.91. The molecular formula is C14H14N4S. The highest BCUT2D eigenvalue weighted by Crippen LogP contribution is 2.24. The molecule has 19 heavy (non-hydrogen) atoms. The number of benzene rings is 1. The number of hydrogen-bond donors (Lipinski definition) is 1. The van der Waals surface area contributed by atoms with Gasteiger partial charge in [0, 0.05) is 23.2 Å². The van der Waals surface area contributed by atoms with Crippen LogP contribution in [0.15, 0.2) is 36.5 Å². The summed E-state index contributed by atoms with van der Waals surface area (Å²) in [5.74, 6) is 0.866. The van der Waals surface area contributed by atoms with Crippen molar-refractivity contribution in [2.75, 3.05) is 0 Å². The highest BCUT2D eigenvalue weighted by Gasteiger charge is 2.11. The maximum atomic E-state index is 5.28. The molecule has 0 amide bonds. The molecule has 2 heterocycles. The second-order valence-corrected chi connectivity index (χ2v) is 5.11. The Bertz CT molecular complexity index is 785. The number of pyridine rings is 1. The van der Waals surface area contributed by atoms with E-state index in [1.165, 1.54) is 0 Å². The molecule has 2 aromatic heterocycles. The molecular weight excluding hydrogens is 256 g/mol. The minimum absolute atomic E-state index is 0.269. The van der Waals surface area contributed by atoms with Crippen molar-refractivity contribution < 1.29 is 0 Å². The Hall–Kier alpha value is -2.01. The maximum Gasteiger partial charge on any atom is 0.195 e. The smallest absolute Gasteiger partial charge is 0.195 e. The van der Waals surface area contributed by atoms with Crippen molar-refractivity contribution in [1.82, 2.24) is 19.7 Å². The van der Waals surface area contributed by atoms with Crippen molar-refractivity contribution in [3.8, 4) is 11.4 Å². The molecule has 4 nitrogen and oxygen atoms in total. The van der Waals surface area contributed by atoms with Crippen molar-refractivity contribution >= 4 is 23.1 Å². The van der Waals surface area contributed by atoms with Gasteiger partial charge in [-0.25, -0.2) is 0 Å². The zero-order valence-corrected chi connectivity index (χ0v) is 11.6. The van der Waals surface area contributed by atoms with Gasteiger partial charge in [-0.2, -0.15) is 5.10 Å². The van der Waals surface area contributed by atoms with Gasteiger partial charge in [-0.15, -0.1) is 0 Å². The fraction of sp³-hybridized carbons (Fsp3) is 0.214. The first-order valence-corrected chi connectivity index (χ1v) is 6.59. The summed E-state index contributed by atoms with van der Waals surface area (Å²) in [4.78, 5) is 4.32. The van der Waals surface area contributed by atoms with Crippen LogP contribution in [0.1, 0.15) is 19.9 Å². The fourth-order valence-electron chi connectivity index (χ4n) is 2.20. The van der Waals surface area contributed by atoms with Gasteiger partial charge in [0.15, 0.2) is 10.6 Å². The summed E-state index contributed by atoms with van der Waals surface area (Å²) in [5, 5.41) is 8.31. The molecule has 0 atom stereocenters. The highest BCUT2D eigenvalue weighted by molar-refractivity contribution is 7.71. The Morgan fingerprint density at radius 3 is 2.89 bits per heavy atom. The molecule has 0 aliphatic heterocycles. The molecule has 0 aliphatic carbocycles. The summed E-state index contributed by atoms with van der Waals surface area (Å²) in [6.07, 6.45) is 1.80. The van der Waals surface area contributed by atoms with Crippen molar-refractivity contribution in [2.45, 2.75) is 19.9 Å². The van der Waals surface area contributed by atoms with E-state index in [0.717, 1.165) is 22.3 Å². The molecule has 1 N–H and O–H groups in total. The van der Waals surface area contributed by atoms with Gasteiger partial charge in [0.2, 0.25) is 0 Å². The van der Waals surface area contributed by atoms with Crippen LogP contribution in [-0.2, 0) is 0 Å². The van der Waals surface area contributed by atoms with Gasteiger partial charge in [-0.1, -0.05) is 6.07 Å². The summed E-state index contributed by atoms with van der Waals surface area (Å²) < 4.78 is 2.67. The Balaban J connectivity index is 2.22. The van der Waals surface area contributed by atoms with E-state index in [1.54, 1.807) is 6.20 Å². The lowest BCUT2D eigenvalue weighted by atomic mass is 10.1. The molecule has 0 unspecified atom stereocenters. The normalized spacial score (nSPS) is 11.3. The lowest BCUT2D eigenvalue weighted by Gasteiger charge is -2.10. The SMILES string of the molecule is CC(C)n1c(-c2ccc3ncccc3c2)n[nH]c1=S. The zero-order valence-electron chi connectivity index (χ0n) is 10.8. The van der Waals surface area contributed by atoms with Crippen LogP contribution in [0, 0.1) is 4.77 Å². The third kappa shape index (κ3) is 2.06. The van der Waals surface area contributed by atoms with Crippen LogP contribution in [0.4, 0.5) is 0 Å². The van der Waals surface area contributed by atoms with E-state index in [0.29, 0.717) is 4.77 Å². The highest BCUT2D eigenvalue weighted by atomic mass is 32.1. The summed E-state index contributed by atoms with van der Waals surface area (Å²) in [6.45, 7) is 4.19.